The van der Waals surface area contributed by atoms with E-state index < -0.39 is 17.5 Å². The second-order valence-electron chi connectivity index (χ2n) is 7.25. The van der Waals surface area contributed by atoms with Gasteiger partial charge in [-0.25, -0.2) is 9.59 Å². The topological polar surface area (TPSA) is 132 Å². The standard InChI is InChI=1S/C23H16O9/c1-29-17-9-11-15(8-12(17)21(26)27)23(32-22(11)28)13-4-3-10(24)7-18(13)31-19-14(23)5-6-16(25)20(19)30-2/h3-9,24-25H,1-2H3,(H,26,27). The molecule has 9 nitrogen and oxygen atoms in total. The first-order valence-corrected chi connectivity index (χ1v) is 9.42. The van der Waals surface area contributed by atoms with Crippen LogP contribution in [0.4, 0.5) is 0 Å². The Bertz CT molecular complexity index is 1330. The molecule has 162 valence electrons. The Morgan fingerprint density at radius 1 is 0.969 bits per heavy atom. The molecule has 0 aromatic heterocycles. The molecule has 1 atom stereocenters. The van der Waals surface area contributed by atoms with Crippen molar-refractivity contribution < 1.29 is 43.9 Å². The summed E-state index contributed by atoms with van der Waals surface area (Å²) in [6, 6.07) is 9.78. The van der Waals surface area contributed by atoms with E-state index in [4.69, 9.17) is 18.9 Å². The Morgan fingerprint density at radius 3 is 2.41 bits per heavy atom. The molecule has 1 unspecified atom stereocenters. The number of ether oxygens (including phenoxy) is 4. The fourth-order valence-corrected chi connectivity index (χ4v) is 4.29. The molecule has 9 heteroatoms. The molecule has 0 saturated heterocycles. The normalized spacial score (nSPS) is 17.6. The van der Waals surface area contributed by atoms with Crippen LogP contribution in [0.2, 0.25) is 0 Å². The van der Waals surface area contributed by atoms with Crippen LogP contribution in [0.3, 0.4) is 0 Å². The minimum atomic E-state index is -1.61. The predicted octanol–water partition coefficient (Wildman–Crippen LogP) is 3.38. The average molecular weight is 436 g/mol. The fraction of sp³-hybridized carbons (Fsp3) is 0.130. The van der Waals surface area contributed by atoms with Crippen LogP contribution in [-0.4, -0.2) is 41.5 Å². The molecule has 2 heterocycles. The lowest BCUT2D eigenvalue weighted by Gasteiger charge is -2.37. The molecule has 0 saturated carbocycles. The van der Waals surface area contributed by atoms with Crippen molar-refractivity contribution >= 4 is 11.9 Å². The molecule has 0 fully saturated rings. The van der Waals surface area contributed by atoms with Crippen molar-refractivity contribution in [2.24, 2.45) is 0 Å². The molecule has 3 aromatic carbocycles. The molecule has 0 bridgehead atoms. The van der Waals surface area contributed by atoms with Gasteiger partial charge in [0.15, 0.2) is 17.1 Å². The van der Waals surface area contributed by atoms with Crippen LogP contribution in [0.5, 0.6) is 34.5 Å². The number of aromatic carboxylic acids is 1. The van der Waals surface area contributed by atoms with Crippen LogP contribution in [0.15, 0.2) is 42.5 Å². The second kappa shape index (κ2) is 6.55. The lowest BCUT2D eigenvalue weighted by molar-refractivity contribution is 0.0222. The third-order valence-electron chi connectivity index (χ3n) is 5.65. The number of carboxylic acid groups (broad SMARTS) is 1. The monoisotopic (exact) mass is 436 g/mol. The van der Waals surface area contributed by atoms with Gasteiger partial charge in [0, 0.05) is 17.2 Å². The largest absolute Gasteiger partial charge is 0.508 e. The highest BCUT2D eigenvalue weighted by Gasteiger charge is 2.55. The van der Waals surface area contributed by atoms with Crippen LogP contribution < -0.4 is 14.2 Å². The Hall–Kier alpha value is -4.40. The van der Waals surface area contributed by atoms with Crippen molar-refractivity contribution in [1.29, 1.82) is 0 Å². The predicted molar refractivity (Wildman–Crippen MR) is 108 cm³/mol. The van der Waals surface area contributed by atoms with Gasteiger partial charge in [0.05, 0.1) is 25.3 Å². The van der Waals surface area contributed by atoms with Gasteiger partial charge in [0.1, 0.15) is 22.8 Å². The first-order chi connectivity index (χ1) is 15.3. The number of fused-ring (bicyclic) bond motifs is 6. The van der Waals surface area contributed by atoms with Gasteiger partial charge in [0.2, 0.25) is 5.75 Å². The van der Waals surface area contributed by atoms with Crippen LogP contribution >= 0.6 is 0 Å². The molecule has 0 aliphatic carbocycles. The van der Waals surface area contributed by atoms with Gasteiger partial charge in [-0.15, -0.1) is 0 Å². The molecule has 2 aliphatic rings. The number of hydrogen-bond donors (Lipinski definition) is 3. The number of aromatic hydroxyl groups is 2. The summed E-state index contributed by atoms with van der Waals surface area (Å²) in [4.78, 5) is 24.9. The van der Waals surface area contributed by atoms with Crippen LogP contribution in [0, 0.1) is 0 Å². The number of phenols is 2. The lowest BCUT2D eigenvalue weighted by Crippen LogP contribution is -2.33. The quantitative estimate of drug-likeness (QED) is 0.529. The third-order valence-corrected chi connectivity index (χ3v) is 5.65. The van der Waals surface area contributed by atoms with Gasteiger partial charge < -0.3 is 34.3 Å². The lowest BCUT2D eigenvalue weighted by atomic mass is 9.77. The number of carboxylic acids is 1. The summed E-state index contributed by atoms with van der Waals surface area (Å²) in [6.07, 6.45) is 0. The number of rotatable bonds is 3. The number of methoxy groups -OCH3 is 2. The molecule has 32 heavy (non-hydrogen) atoms. The van der Waals surface area contributed by atoms with Crippen molar-refractivity contribution in [3.63, 3.8) is 0 Å². The number of benzene rings is 3. The summed E-state index contributed by atoms with van der Waals surface area (Å²) in [5.41, 5.74) is -0.720. The van der Waals surface area contributed by atoms with Crippen molar-refractivity contribution in [3.05, 3.63) is 70.3 Å². The van der Waals surface area contributed by atoms with Crippen molar-refractivity contribution in [2.75, 3.05) is 14.2 Å². The van der Waals surface area contributed by atoms with E-state index in [0.29, 0.717) is 11.1 Å². The Balaban J connectivity index is 1.93. The number of carbonyl (C=O) groups excluding carboxylic acids is 1. The first kappa shape index (κ1) is 19.6. The number of esters is 1. The minimum absolute atomic E-state index is 0.00625. The Morgan fingerprint density at radius 2 is 1.72 bits per heavy atom. The molecule has 2 aliphatic heterocycles. The van der Waals surface area contributed by atoms with Crippen molar-refractivity contribution in [2.45, 2.75) is 5.60 Å². The molecule has 0 radical (unpaired) electrons. The van der Waals surface area contributed by atoms with E-state index in [1.165, 1.54) is 56.7 Å². The number of hydrogen-bond acceptors (Lipinski definition) is 8. The molecule has 5 rings (SSSR count). The van der Waals surface area contributed by atoms with Gasteiger partial charge in [-0.1, -0.05) is 0 Å². The second-order valence-corrected chi connectivity index (χ2v) is 7.25. The maximum Gasteiger partial charge on any atom is 0.340 e. The summed E-state index contributed by atoms with van der Waals surface area (Å²) < 4.78 is 22.4. The molecule has 1 spiro atoms. The zero-order chi connectivity index (χ0) is 22.8. The summed E-state index contributed by atoms with van der Waals surface area (Å²) >= 11 is 0. The molecule has 3 aromatic rings. The minimum Gasteiger partial charge on any atom is -0.508 e. The highest BCUT2D eigenvalue weighted by Crippen LogP contribution is 2.60. The number of phenolic OH excluding ortho intramolecular Hbond substituents is 2. The Labute approximate surface area is 181 Å². The van der Waals surface area contributed by atoms with Gasteiger partial charge in [-0.2, -0.15) is 0 Å². The zero-order valence-corrected chi connectivity index (χ0v) is 16.8. The molecular weight excluding hydrogens is 420 g/mol. The van der Waals surface area contributed by atoms with Crippen LogP contribution in [0.25, 0.3) is 0 Å². The maximum absolute atomic E-state index is 13.0. The van der Waals surface area contributed by atoms with E-state index in [2.05, 4.69) is 0 Å². The number of carbonyl (C=O) groups is 2. The van der Waals surface area contributed by atoms with Gasteiger partial charge in [0.25, 0.3) is 0 Å². The zero-order valence-electron chi connectivity index (χ0n) is 16.8. The highest BCUT2D eigenvalue weighted by molar-refractivity contribution is 6.01. The fourth-order valence-electron chi connectivity index (χ4n) is 4.29. The molecular formula is C23H16O9. The van der Waals surface area contributed by atoms with Gasteiger partial charge >= 0.3 is 11.9 Å². The third kappa shape index (κ3) is 2.38. The van der Waals surface area contributed by atoms with E-state index in [1.54, 1.807) is 0 Å². The maximum atomic E-state index is 13.0. The van der Waals surface area contributed by atoms with Gasteiger partial charge in [-0.3, -0.25) is 0 Å². The first-order valence-electron chi connectivity index (χ1n) is 9.42. The summed E-state index contributed by atoms with van der Waals surface area (Å²) in [5.74, 6) is -2.05. The SMILES string of the molecule is COc1cc2c(cc1C(=O)O)C1(OC2=O)c2ccc(O)cc2Oc2c1ccc(O)c2OC. The summed E-state index contributed by atoms with van der Waals surface area (Å²) in [6.45, 7) is 0. The van der Waals surface area contributed by atoms with E-state index in [1.807, 2.05) is 0 Å². The summed E-state index contributed by atoms with van der Waals surface area (Å²) in [7, 11) is 2.64. The van der Waals surface area contributed by atoms with E-state index >= 15 is 0 Å². The van der Waals surface area contributed by atoms with Crippen LogP contribution in [-0.2, 0) is 10.3 Å². The van der Waals surface area contributed by atoms with E-state index in [-0.39, 0.29) is 51.2 Å². The van der Waals surface area contributed by atoms with E-state index in [0.717, 1.165) is 0 Å². The molecule has 0 amide bonds. The smallest absolute Gasteiger partial charge is 0.340 e. The van der Waals surface area contributed by atoms with Crippen molar-refractivity contribution in [1.82, 2.24) is 0 Å². The average Bonchev–Trinajstić information content (AvgIpc) is 3.04. The van der Waals surface area contributed by atoms with Crippen LogP contribution in [0.1, 0.15) is 37.4 Å². The molecule has 3 N–H and O–H groups in total. The highest BCUT2D eigenvalue weighted by atomic mass is 16.6. The van der Waals surface area contributed by atoms with E-state index in [9.17, 15) is 24.9 Å². The van der Waals surface area contributed by atoms with Crippen molar-refractivity contribution in [3.8, 4) is 34.5 Å². The van der Waals surface area contributed by atoms with Gasteiger partial charge in [-0.05, 0) is 36.4 Å². The summed E-state index contributed by atoms with van der Waals surface area (Å²) in [5, 5.41) is 30.0. The Kier molecular flexibility index (Phi) is 4.00.